The highest BCUT2D eigenvalue weighted by atomic mass is 16.3. The van der Waals surface area contributed by atoms with Gasteiger partial charge in [-0.2, -0.15) is 0 Å². The van der Waals surface area contributed by atoms with Crippen LogP contribution in [0.15, 0.2) is 205 Å². The van der Waals surface area contributed by atoms with E-state index in [1.165, 1.54) is 27.3 Å². The Morgan fingerprint density at radius 3 is 1.56 bits per heavy atom. The predicted molar refractivity (Wildman–Crippen MR) is 235 cm³/mol. The second-order valence-electron chi connectivity index (χ2n) is 14.4. The highest BCUT2D eigenvalue weighted by Gasteiger charge is 2.18. The van der Waals surface area contributed by atoms with Crippen LogP contribution in [0, 0.1) is 0 Å². The van der Waals surface area contributed by atoms with E-state index in [1.807, 2.05) is 36.4 Å². The number of fused-ring (bicyclic) bond motifs is 6. The summed E-state index contributed by atoms with van der Waals surface area (Å²) < 4.78 is 6.87. The van der Waals surface area contributed by atoms with Crippen LogP contribution in [0.25, 0.3) is 111 Å². The van der Waals surface area contributed by atoms with E-state index in [1.54, 1.807) is 0 Å². The first-order chi connectivity index (χ1) is 28.2. The molecule has 2 heterocycles. The molecule has 4 nitrogen and oxygen atoms in total. The summed E-state index contributed by atoms with van der Waals surface area (Å²) in [4.78, 5) is 15.0. The van der Waals surface area contributed by atoms with Crippen LogP contribution in [0.3, 0.4) is 0 Å². The summed E-state index contributed by atoms with van der Waals surface area (Å²) in [7, 11) is 0. The van der Waals surface area contributed by atoms with E-state index in [2.05, 4.69) is 164 Å². The maximum Gasteiger partial charge on any atom is 0.164 e. The number of furan rings is 1. The molecule has 0 atom stereocenters. The first-order valence-corrected chi connectivity index (χ1v) is 19.2. The lowest BCUT2D eigenvalue weighted by Crippen LogP contribution is -2.00. The van der Waals surface area contributed by atoms with Crippen LogP contribution in [0.2, 0.25) is 0 Å². The van der Waals surface area contributed by atoms with Gasteiger partial charge in [0, 0.05) is 38.4 Å². The van der Waals surface area contributed by atoms with Crippen molar-refractivity contribution in [1.29, 1.82) is 0 Å². The minimum absolute atomic E-state index is 0.616. The first-order valence-electron chi connectivity index (χ1n) is 19.2. The molecule has 0 N–H and O–H groups in total. The Bertz CT molecular complexity index is 3280. The normalized spacial score (nSPS) is 11.5. The van der Waals surface area contributed by atoms with Crippen molar-refractivity contribution in [2.45, 2.75) is 0 Å². The molecule has 2 aromatic heterocycles. The van der Waals surface area contributed by atoms with Gasteiger partial charge in [0.2, 0.25) is 0 Å². The number of hydrogen-bond acceptors (Lipinski definition) is 4. The zero-order valence-electron chi connectivity index (χ0n) is 30.8. The van der Waals surface area contributed by atoms with E-state index in [0.29, 0.717) is 17.5 Å². The van der Waals surface area contributed by atoms with E-state index in [4.69, 9.17) is 19.4 Å². The molecule has 0 radical (unpaired) electrons. The van der Waals surface area contributed by atoms with Gasteiger partial charge in [-0.05, 0) is 62.2 Å². The molecule has 0 spiro atoms. The van der Waals surface area contributed by atoms with Crippen molar-refractivity contribution in [3.8, 4) is 67.5 Å². The van der Waals surface area contributed by atoms with E-state index < -0.39 is 0 Å². The molecule has 0 unspecified atom stereocenters. The molecule has 11 rings (SSSR count). The Morgan fingerprint density at radius 1 is 0.263 bits per heavy atom. The highest BCUT2D eigenvalue weighted by molar-refractivity contribution is 6.20. The lowest BCUT2D eigenvalue weighted by Gasteiger charge is -2.10. The minimum atomic E-state index is 0.616. The maximum absolute atomic E-state index is 6.87. The highest BCUT2D eigenvalue weighted by Crippen LogP contribution is 2.43. The Balaban J connectivity index is 1.01. The molecule has 0 saturated carbocycles. The van der Waals surface area contributed by atoms with Gasteiger partial charge in [-0.15, -0.1) is 0 Å². The number of rotatable bonds is 6. The number of nitrogens with zero attached hydrogens (tertiary/aromatic N) is 3. The van der Waals surface area contributed by atoms with Crippen LogP contribution in [-0.4, -0.2) is 15.0 Å². The molecule has 0 aliphatic carbocycles. The van der Waals surface area contributed by atoms with Gasteiger partial charge in [0.25, 0.3) is 0 Å². The molecule has 9 aromatic carbocycles. The summed E-state index contributed by atoms with van der Waals surface area (Å²) in [5, 5.41) is 6.93. The fraction of sp³-hybridized carbons (Fsp3) is 0. The monoisotopic (exact) mass is 727 g/mol. The summed E-state index contributed by atoms with van der Waals surface area (Å²) in [5.74, 6) is 1.88. The van der Waals surface area contributed by atoms with Gasteiger partial charge in [0.05, 0.1) is 0 Å². The summed E-state index contributed by atoms with van der Waals surface area (Å²) in [6.07, 6.45) is 0. The second-order valence-corrected chi connectivity index (χ2v) is 14.4. The van der Waals surface area contributed by atoms with Gasteiger partial charge in [-0.1, -0.05) is 182 Å². The fourth-order valence-corrected chi connectivity index (χ4v) is 8.06. The summed E-state index contributed by atoms with van der Waals surface area (Å²) >= 11 is 0. The number of aromatic nitrogens is 3. The van der Waals surface area contributed by atoms with Crippen molar-refractivity contribution in [2.24, 2.45) is 0 Å². The van der Waals surface area contributed by atoms with Gasteiger partial charge in [0.15, 0.2) is 17.5 Å². The average Bonchev–Trinajstić information content (AvgIpc) is 3.68. The zero-order chi connectivity index (χ0) is 37.7. The first kappa shape index (κ1) is 32.7. The van der Waals surface area contributed by atoms with Crippen LogP contribution in [0.5, 0.6) is 0 Å². The smallest absolute Gasteiger partial charge is 0.164 e. The van der Waals surface area contributed by atoms with Crippen molar-refractivity contribution in [3.05, 3.63) is 200 Å². The molecule has 4 heteroatoms. The Morgan fingerprint density at radius 2 is 0.789 bits per heavy atom. The van der Waals surface area contributed by atoms with Crippen molar-refractivity contribution in [3.63, 3.8) is 0 Å². The standard InChI is InChI=1S/C53H33N3O/c1-3-13-34(14-4-1)40-19-11-20-42(32-40)53-55-51(37-16-5-2-6-17-37)54-52(56-53)38-28-26-36(27-29-38)43-23-12-24-46-48-33-47(41-30-25-35-15-7-8-18-39(35)31-41)44-21-9-10-22-45(44)50(48)57-49(43)46/h1-33H. The summed E-state index contributed by atoms with van der Waals surface area (Å²) in [6.45, 7) is 0. The molecule has 11 aromatic rings. The molecular formula is C53H33N3O. The van der Waals surface area contributed by atoms with Crippen LogP contribution in [-0.2, 0) is 0 Å². The van der Waals surface area contributed by atoms with Crippen molar-refractivity contribution in [1.82, 2.24) is 15.0 Å². The number of benzene rings is 9. The lowest BCUT2D eigenvalue weighted by atomic mass is 9.93. The van der Waals surface area contributed by atoms with Crippen molar-refractivity contribution in [2.75, 3.05) is 0 Å². The predicted octanol–water partition coefficient (Wildman–Crippen LogP) is 14.1. The molecular weight excluding hydrogens is 695 g/mol. The molecule has 0 aliphatic heterocycles. The number of hydrogen-bond donors (Lipinski definition) is 0. The van der Waals surface area contributed by atoms with E-state index in [9.17, 15) is 0 Å². The maximum atomic E-state index is 6.87. The third-order valence-corrected chi connectivity index (χ3v) is 10.9. The third-order valence-electron chi connectivity index (χ3n) is 10.9. The molecule has 0 aliphatic rings. The lowest BCUT2D eigenvalue weighted by molar-refractivity contribution is 0.674. The average molecular weight is 728 g/mol. The van der Waals surface area contributed by atoms with Crippen molar-refractivity contribution < 1.29 is 4.42 Å². The topological polar surface area (TPSA) is 51.8 Å². The number of para-hydroxylation sites is 1. The van der Waals surface area contributed by atoms with Gasteiger partial charge in [-0.25, -0.2) is 15.0 Å². The van der Waals surface area contributed by atoms with E-state index in [0.717, 1.165) is 66.3 Å². The largest absolute Gasteiger partial charge is 0.455 e. The quantitative estimate of drug-likeness (QED) is 0.171. The molecule has 0 fully saturated rings. The van der Waals surface area contributed by atoms with Crippen LogP contribution in [0.4, 0.5) is 0 Å². The molecule has 266 valence electrons. The zero-order valence-corrected chi connectivity index (χ0v) is 30.8. The van der Waals surface area contributed by atoms with Crippen LogP contribution < -0.4 is 0 Å². The van der Waals surface area contributed by atoms with Gasteiger partial charge >= 0.3 is 0 Å². The third kappa shape index (κ3) is 5.83. The van der Waals surface area contributed by atoms with Gasteiger partial charge in [-0.3, -0.25) is 0 Å². The van der Waals surface area contributed by atoms with Gasteiger partial charge in [0.1, 0.15) is 11.2 Å². The molecule has 0 bridgehead atoms. The minimum Gasteiger partial charge on any atom is -0.455 e. The van der Waals surface area contributed by atoms with Gasteiger partial charge < -0.3 is 4.42 Å². The van der Waals surface area contributed by atoms with E-state index in [-0.39, 0.29) is 0 Å². The Hall–Kier alpha value is -7.69. The molecule has 0 amide bonds. The summed E-state index contributed by atoms with van der Waals surface area (Å²) in [5.41, 5.74) is 11.3. The van der Waals surface area contributed by atoms with E-state index >= 15 is 0 Å². The summed E-state index contributed by atoms with van der Waals surface area (Å²) in [6, 6.07) is 69.9. The Kier molecular flexibility index (Phi) is 7.78. The molecule has 57 heavy (non-hydrogen) atoms. The fourth-order valence-electron chi connectivity index (χ4n) is 8.06. The molecule has 0 saturated heterocycles. The van der Waals surface area contributed by atoms with Crippen LogP contribution in [0.1, 0.15) is 0 Å². The second kappa shape index (κ2) is 13.6. The van der Waals surface area contributed by atoms with Crippen molar-refractivity contribution >= 4 is 43.5 Å². The van der Waals surface area contributed by atoms with Crippen LogP contribution >= 0.6 is 0 Å². The SMILES string of the molecule is c1ccc(-c2cccc(-c3nc(-c4ccccc4)nc(-c4ccc(-c5cccc6c5oc5c7ccccc7c(-c7ccc8ccccc8c7)cc65)cc4)n3)c2)cc1. The Labute approximate surface area is 329 Å².